The quantitative estimate of drug-likeness (QED) is 0.786. The fourth-order valence-electron chi connectivity index (χ4n) is 3.10. The van der Waals surface area contributed by atoms with Gasteiger partial charge in [-0.1, -0.05) is 18.2 Å². The first kappa shape index (κ1) is 14.2. The number of fused-ring (bicyclic) bond motifs is 1. The maximum Gasteiger partial charge on any atom is 0.249 e. The highest BCUT2D eigenvalue weighted by Gasteiger charge is 2.42. The van der Waals surface area contributed by atoms with Gasteiger partial charge in [0.05, 0.1) is 12.1 Å². The monoisotopic (exact) mass is 290 g/mol. The second kappa shape index (κ2) is 5.95. The Morgan fingerprint density at radius 2 is 2.10 bits per heavy atom. The van der Waals surface area contributed by atoms with Gasteiger partial charge in [-0.2, -0.15) is 0 Å². The van der Waals surface area contributed by atoms with Gasteiger partial charge in [-0.25, -0.2) is 4.39 Å². The van der Waals surface area contributed by atoms with Crippen molar-refractivity contribution in [3.8, 4) is 0 Å². The third-order valence-corrected chi connectivity index (χ3v) is 4.10. The van der Waals surface area contributed by atoms with Gasteiger partial charge in [0.2, 0.25) is 5.91 Å². The lowest BCUT2D eigenvalue weighted by Crippen LogP contribution is -2.53. The SMILES string of the molecule is C=CCN1C(=O)CO[C@@H]2CN(Cc3ccc(F)cc3)C[C@H]21. The smallest absolute Gasteiger partial charge is 0.249 e. The molecule has 4 nitrogen and oxygen atoms in total. The van der Waals surface area contributed by atoms with Crippen LogP contribution in [0.4, 0.5) is 4.39 Å². The Morgan fingerprint density at radius 3 is 2.81 bits per heavy atom. The van der Waals surface area contributed by atoms with Crippen molar-refractivity contribution in [2.24, 2.45) is 0 Å². The lowest BCUT2D eigenvalue weighted by Gasteiger charge is -2.36. The molecule has 2 heterocycles. The van der Waals surface area contributed by atoms with Gasteiger partial charge >= 0.3 is 0 Å². The first-order chi connectivity index (χ1) is 10.2. The molecule has 0 aromatic heterocycles. The molecule has 0 unspecified atom stereocenters. The molecule has 1 aromatic rings. The number of morpholine rings is 1. The number of rotatable bonds is 4. The molecule has 21 heavy (non-hydrogen) atoms. The summed E-state index contributed by atoms with van der Waals surface area (Å²) in [6.07, 6.45) is 1.81. The predicted octanol–water partition coefficient (Wildman–Crippen LogP) is 1.42. The van der Waals surface area contributed by atoms with Crippen LogP contribution in [0.25, 0.3) is 0 Å². The molecule has 0 bridgehead atoms. The number of nitrogens with zero attached hydrogens (tertiary/aromatic N) is 2. The number of hydrogen-bond acceptors (Lipinski definition) is 3. The van der Waals surface area contributed by atoms with E-state index in [2.05, 4.69) is 11.5 Å². The summed E-state index contributed by atoms with van der Waals surface area (Å²) >= 11 is 0. The molecule has 0 saturated carbocycles. The van der Waals surface area contributed by atoms with Crippen LogP contribution >= 0.6 is 0 Å². The van der Waals surface area contributed by atoms with Crippen LogP contribution in [-0.4, -0.2) is 54.1 Å². The van der Waals surface area contributed by atoms with Gasteiger partial charge < -0.3 is 9.64 Å². The van der Waals surface area contributed by atoms with Gasteiger partial charge in [0, 0.05) is 26.2 Å². The van der Waals surface area contributed by atoms with Crippen molar-refractivity contribution < 1.29 is 13.9 Å². The molecule has 2 aliphatic rings. The zero-order chi connectivity index (χ0) is 14.8. The van der Waals surface area contributed by atoms with Crippen LogP contribution in [0.2, 0.25) is 0 Å². The third-order valence-electron chi connectivity index (χ3n) is 4.10. The van der Waals surface area contributed by atoms with Crippen LogP contribution in [0.5, 0.6) is 0 Å². The van der Waals surface area contributed by atoms with Crippen LogP contribution in [-0.2, 0) is 16.1 Å². The molecule has 0 N–H and O–H groups in total. The standard InChI is InChI=1S/C16H19FN2O2/c1-2-7-19-14-9-18(10-15(14)21-11-16(19)20)8-12-3-5-13(17)6-4-12/h2-6,14-15H,1,7-11H2/t14-,15-/m1/s1. The average molecular weight is 290 g/mol. The number of halogens is 1. The summed E-state index contributed by atoms with van der Waals surface area (Å²) in [7, 11) is 0. The number of hydrogen-bond donors (Lipinski definition) is 0. The van der Waals surface area contributed by atoms with Crippen LogP contribution in [0.1, 0.15) is 5.56 Å². The summed E-state index contributed by atoms with van der Waals surface area (Å²) in [5.74, 6) is -0.195. The van der Waals surface area contributed by atoms with Crippen LogP contribution in [0, 0.1) is 5.82 Å². The number of carbonyl (C=O) groups excluding carboxylic acids is 1. The topological polar surface area (TPSA) is 32.8 Å². The lowest BCUT2D eigenvalue weighted by atomic mass is 10.1. The molecule has 1 amide bonds. The van der Waals surface area contributed by atoms with Crippen LogP contribution in [0.3, 0.4) is 0 Å². The van der Waals surface area contributed by atoms with Crippen LogP contribution < -0.4 is 0 Å². The van der Waals surface area contributed by atoms with E-state index in [9.17, 15) is 9.18 Å². The highest BCUT2D eigenvalue weighted by atomic mass is 19.1. The fraction of sp³-hybridized carbons (Fsp3) is 0.438. The Bertz CT molecular complexity index is 532. The summed E-state index contributed by atoms with van der Waals surface area (Å²) in [5.41, 5.74) is 1.07. The molecule has 112 valence electrons. The molecular formula is C16H19FN2O2. The maximum atomic E-state index is 12.9. The number of ether oxygens (including phenoxy) is 1. The molecule has 0 radical (unpaired) electrons. The van der Waals surface area contributed by atoms with Crippen molar-refractivity contribution in [1.29, 1.82) is 0 Å². The molecular weight excluding hydrogens is 271 g/mol. The van der Waals surface area contributed by atoms with Gasteiger partial charge in [0.25, 0.3) is 0 Å². The molecule has 5 heteroatoms. The fourth-order valence-corrected chi connectivity index (χ4v) is 3.10. The van der Waals surface area contributed by atoms with E-state index in [0.29, 0.717) is 6.54 Å². The van der Waals surface area contributed by atoms with Gasteiger partial charge in [0.15, 0.2) is 0 Å². The molecule has 0 spiro atoms. The molecule has 2 fully saturated rings. The number of amides is 1. The Balaban J connectivity index is 1.67. The lowest BCUT2D eigenvalue weighted by molar-refractivity contribution is -0.151. The van der Waals surface area contributed by atoms with Crippen molar-refractivity contribution in [2.45, 2.75) is 18.7 Å². The van der Waals surface area contributed by atoms with Crippen molar-refractivity contribution in [3.63, 3.8) is 0 Å². The normalized spacial score (nSPS) is 26.0. The van der Waals surface area contributed by atoms with E-state index in [-0.39, 0.29) is 30.5 Å². The molecule has 0 aliphatic carbocycles. The van der Waals surface area contributed by atoms with Gasteiger partial charge in [-0.05, 0) is 17.7 Å². The van der Waals surface area contributed by atoms with E-state index in [1.165, 1.54) is 12.1 Å². The summed E-state index contributed by atoms with van der Waals surface area (Å²) in [6, 6.07) is 6.63. The number of benzene rings is 1. The second-order valence-electron chi connectivity index (χ2n) is 5.57. The number of likely N-dealkylation sites (tertiary alicyclic amines) is 1. The van der Waals surface area contributed by atoms with E-state index >= 15 is 0 Å². The minimum absolute atomic E-state index is 0.0276. The summed E-state index contributed by atoms with van der Waals surface area (Å²) in [5, 5.41) is 0. The van der Waals surface area contributed by atoms with Crippen LogP contribution in [0.15, 0.2) is 36.9 Å². The molecule has 2 aliphatic heterocycles. The minimum atomic E-state index is -0.222. The van der Waals surface area contributed by atoms with E-state index in [0.717, 1.165) is 25.2 Å². The van der Waals surface area contributed by atoms with Crippen molar-refractivity contribution in [1.82, 2.24) is 9.80 Å². The molecule has 2 saturated heterocycles. The maximum absolute atomic E-state index is 12.9. The Kier molecular flexibility index (Phi) is 4.03. The Hall–Kier alpha value is -1.72. The zero-order valence-electron chi connectivity index (χ0n) is 11.9. The van der Waals surface area contributed by atoms with E-state index < -0.39 is 0 Å². The first-order valence-electron chi connectivity index (χ1n) is 7.16. The molecule has 3 rings (SSSR count). The highest BCUT2D eigenvalue weighted by Crippen LogP contribution is 2.24. The summed E-state index contributed by atoms with van der Waals surface area (Å²) < 4.78 is 18.6. The third kappa shape index (κ3) is 2.99. The van der Waals surface area contributed by atoms with Crippen molar-refractivity contribution >= 4 is 5.91 Å². The van der Waals surface area contributed by atoms with Gasteiger partial charge in [-0.15, -0.1) is 6.58 Å². The molecule has 1 aromatic carbocycles. The van der Waals surface area contributed by atoms with E-state index in [1.54, 1.807) is 18.2 Å². The van der Waals surface area contributed by atoms with E-state index in [1.807, 2.05) is 4.90 Å². The first-order valence-corrected chi connectivity index (χ1v) is 7.16. The van der Waals surface area contributed by atoms with Crippen molar-refractivity contribution in [2.75, 3.05) is 26.2 Å². The molecule has 2 atom stereocenters. The van der Waals surface area contributed by atoms with Crippen molar-refractivity contribution in [3.05, 3.63) is 48.3 Å². The second-order valence-corrected chi connectivity index (χ2v) is 5.57. The predicted molar refractivity (Wildman–Crippen MR) is 77.1 cm³/mol. The Labute approximate surface area is 123 Å². The van der Waals surface area contributed by atoms with E-state index in [4.69, 9.17) is 4.74 Å². The van der Waals surface area contributed by atoms with Gasteiger partial charge in [-0.3, -0.25) is 9.69 Å². The summed E-state index contributed by atoms with van der Waals surface area (Å²) in [4.78, 5) is 16.0. The average Bonchev–Trinajstić information content (AvgIpc) is 2.87. The summed E-state index contributed by atoms with van der Waals surface area (Å²) in [6.45, 7) is 6.75. The van der Waals surface area contributed by atoms with Gasteiger partial charge in [0.1, 0.15) is 12.4 Å². The largest absolute Gasteiger partial charge is 0.365 e. The zero-order valence-corrected chi connectivity index (χ0v) is 11.9. The Morgan fingerprint density at radius 1 is 1.33 bits per heavy atom. The number of carbonyl (C=O) groups is 1. The highest BCUT2D eigenvalue weighted by molar-refractivity contribution is 5.79. The minimum Gasteiger partial charge on any atom is -0.365 e.